The van der Waals surface area contributed by atoms with Crippen LogP contribution in [0.5, 0.6) is 0 Å². The van der Waals surface area contributed by atoms with Gasteiger partial charge in [0.1, 0.15) is 11.5 Å². The first kappa shape index (κ1) is 29.6. The minimum absolute atomic E-state index is 0.141. The highest BCUT2D eigenvalue weighted by Crippen LogP contribution is 2.16. The Morgan fingerprint density at radius 3 is 2.39 bits per heavy atom. The Hall–Kier alpha value is -4.59. The maximum Gasteiger partial charge on any atom is 0.247 e. The predicted octanol–water partition coefficient (Wildman–Crippen LogP) is 2.71. The Balaban J connectivity index is 2.40. The lowest BCUT2D eigenvalue weighted by atomic mass is 10.1. The minimum atomic E-state index is -0.361. The number of ether oxygens (including phenoxy) is 1. The van der Waals surface area contributed by atoms with E-state index in [1.807, 2.05) is 27.2 Å². The monoisotopic (exact) mass is 515 g/mol. The number of hydrogen-bond donors (Lipinski definition) is 2. The van der Waals surface area contributed by atoms with Gasteiger partial charge < -0.3 is 20.3 Å². The molecular weight excluding hydrogens is 482 g/mol. The van der Waals surface area contributed by atoms with Gasteiger partial charge in [-0.25, -0.2) is 9.97 Å². The lowest BCUT2D eigenvalue weighted by Gasteiger charge is -2.21. The summed E-state index contributed by atoms with van der Waals surface area (Å²) in [5.41, 5.74) is 2.00. The summed E-state index contributed by atoms with van der Waals surface area (Å²) in [6, 6.07) is 9.83. The second-order valence-corrected chi connectivity index (χ2v) is 8.50. The van der Waals surface area contributed by atoms with E-state index in [2.05, 4.69) is 43.6 Å². The van der Waals surface area contributed by atoms with E-state index in [-0.39, 0.29) is 23.3 Å². The number of rotatable bonds is 14. The summed E-state index contributed by atoms with van der Waals surface area (Å²) in [6.07, 6.45) is 5.86. The van der Waals surface area contributed by atoms with Gasteiger partial charge in [0.15, 0.2) is 0 Å². The van der Waals surface area contributed by atoms with Crippen LogP contribution in [-0.4, -0.2) is 79.3 Å². The van der Waals surface area contributed by atoms with Gasteiger partial charge in [0.2, 0.25) is 17.6 Å². The van der Waals surface area contributed by atoms with Gasteiger partial charge in [-0.3, -0.25) is 14.5 Å². The Kier molecular flexibility index (Phi) is 11.6. The number of hydrogen-bond acceptors (Lipinski definition) is 9. The fourth-order valence-corrected chi connectivity index (χ4v) is 3.23. The van der Waals surface area contributed by atoms with Crippen LogP contribution in [0.4, 0.5) is 5.95 Å². The Morgan fingerprint density at radius 1 is 1.11 bits per heavy atom. The number of aromatic nitrogens is 2. The number of allylic oxidation sites excluding steroid dienone is 2. The first-order valence-electron chi connectivity index (χ1n) is 11.7. The molecule has 0 aliphatic heterocycles. The molecule has 1 aromatic heterocycles. The van der Waals surface area contributed by atoms with Crippen LogP contribution >= 0.6 is 0 Å². The number of amides is 1. The number of nitriles is 1. The van der Waals surface area contributed by atoms with Crippen LogP contribution in [0, 0.1) is 11.3 Å². The molecule has 0 aliphatic carbocycles. The molecule has 0 unspecified atom stereocenters. The molecule has 2 aromatic rings. The molecule has 10 heteroatoms. The summed E-state index contributed by atoms with van der Waals surface area (Å²) < 4.78 is 5.47. The molecular formula is C28H33N7O3. The molecule has 0 fully saturated rings. The third kappa shape index (κ3) is 9.13. The van der Waals surface area contributed by atoms with E-state index in [4.69, 9.17) is 10.00 Å². The van der Waals surface area contributed by atoms with Gasteiger partial charge >= 0.3 is 0 Å². The van der Waals surface area contributed by atoms with Gasteiger partial charge in [-0.1, -0.05) is 13.2 Å². The van der Waals surface area contributed by atoms with Crippen LogP contribution in [0.1, 0.15) is 21.6 Å². The zero-order valence-electron chi connectivity index (χ0n) is 22.2. The average Bonchev–Trinajstić information content (AvgIpc) is 2.92. The summed E-state index contributed by atoms with van der Waals surface area (Å²) in [5, 5.41) is 14.9. The first-order chi connectivity index (χ1) is 18.2. The van der Waals surface area contributed by atoms with Gasteiger partial charge in [0.25, 0.3) is 0 Å². The van der Waals surface area contributed by atoms with Crippen molar-refractivity contribution in [1.82, 2.24) is 25.1 Å². The minimum Gasteiger partial charge on any atom is -0.495 e. The molecule has 0 bridgehead atoms. The lowest BCUT2D eigenvalue weighted by molar-refractivity contribution is -0.115. The largest absolute Gasteiger partial charge is 0.495 e. The van der Waals surface area contributed by atoms with Crippen molar-refractivity contribution in [1.29, 1.82) is 5.26 Å². The zero-order valence-corrected chi connectivity index (χ0v) is 22.2. The smallest absolute Gasteiger partial charge is 0.247 e. The number of nitrogens with zero attached hydrogens (tertiary/aromatic N) is 5. The van der Waals surface area contributed by atoms with Crippen LogP contribution in [0.3, 0.4) is 0 Å². The van der Waals surface area contributed by atoms with Gasteiger partial charge in [-0.15, -0.1) is 0 Å². The lowest BCUT2D eigenvalue weighted by Crippen LogP contribution is -2.34. The van der Waals surface area contributed by atoms with E-state index < -0.39 is 0 Å². The highest BCUT2D eigenvalue weighted by Gasteiger charge is 2.15. The molecule has 2 N–H and O–H groups in total. The van der Waals surface area contributed by atoms with Crippen molar-refractivity contribution in [2.24, 2.45) is 0 Å². The van der Waals surface area contributed by atoms with Crippen molar-refractivity contribution >= 4 is 17.6 Å². The second-order valence-electron chi connectivity index (χ2n) is 8.50. The topological polar surface area (TPSA) is 123 Å². The highest BCUT2D eigenvalue weighted by atomic mass is 16.5. The number of carbonyl (C=O) groups excluding carboxylic acids is 2. The van der Waals surface area contributed by atoms with Crippen molar-refractivity contribution in [2.75, 3.05) is 53.2 Å². The van der Waals surface area contributed by atoms with Crippen molar-refractivity contribution in [2.45, 2.75) is 0 Å². The zero-order chi connectivity index (χ0) is 28.1. The number of carbonyl (C=O) groups is 2. The molecule has 10 nitrogen and oxygen atoms in total. The number of benzene rings is 1. The third-order valence-electron chi connectivity index (χ3n) is 5.24. The summed E-state index contributed by atoms with van der Waals surface area (Å²) in [7, 11) is 7.41. The molecule has 0 saturated heterocycles. The van der Waals surface area contributed by atoms with Crippen molar-refractivity contribution in [3.05, 3.63) is 102 Å². The normalized spacial score (nSPS) is 11.9. The van der Waals surface area contributed by atoms with Crippen LogP contribution in [0.15, 0.2) is 85.1 Å². The SMILES string of the molecule is C=CC(=O)N/C(=C/C(Nc1nccc(C(=O)c2ccc(C#N)cc2)n1)=C(\C=C)OC)CN(C)CCN(C)C. The van der Waals surface area contributed by atoms with Gasteiger partial charge in [-0.2, -0.15) is 5.26 Å². The summed E-state index contributed by atoms with van der Waals surface area (Å²) in [4.78, 5) is 37.8. The Labute approximate surface area is 223 Å². The van der Waals surface area contributed by atoms with E-state index in [0.717, 1.165) is 13.1 Å². The predicted molar refractivity (Wildman–Crippen MR) is 147 cm³/mol. The highest BCUT2D eigenvalue weighted by molar-refractivity contribution is 6.07. The van der Waals surface area contributed by atoms with Gasteiger partial charge in [0.05, 0.1) is 24.4 Å². The maximum atomic E-state index is 13.0. The number of methoxy groups -OCH3 is 1. The van der Waals surface area contributed by atoms with Crippen LogP contribution in [-0.2, 0) is 9.53 Å². The van der Waals surface area contributed by atoms with E-state index in [0.29, 0.717) is 34.8 Å². The van der Waals surface area contributed by atoms with Crippen molar-refractivity contribution in [3.63, 3.8) is 0 Å². The molecule has 0 radical (unpaired) electrons. The number of likely N-dealkylation sites (N-methyl/N-ethyl adjacent to an activating group) is 2. The quantitative estimate of drug-likeness (QED) is 0.169. The van der Waals surface area contributed by atoms with E-state index in [9.17, 15) is 9.59 Å². The van der Waals surface area contributed by atoms with E-state index >= 15 is 0 Å². The molecule has 1 aromatic carbocycles. The van der Waals surface area contributed by atoms with Crippen LogP contribution in [0.2, 0.25) is 0 Å². The third-order valence-corrected chi connectivity index (χ3v) is 5.24. The van der Waals surface area contributed by atoms with Gasteiger partial charge in [0, 0.05) is 37.1 Å². The van der Waals surface area contributed by atoms with Crippen LogP contribution < -0.4 is 10.6 Å². The standard InChI is InChI=1S/C28H33N7O3/c1-7-25(38-6)24(17-22(31-26(36)8-2)19-35(5)16-15-34(3)4)33-28-30-14-13-23(32-28)27(37)21-11-9-20(18-29)10-12-21/h7-14,17H,1-2,15-16,19H2,3-6H3,(H,31,36)(H,30,32,33)/b22-17+,25-24-. The Bertz CT molecular complexity index is 1260. The van der Waals surface area contributed by atoms with Gasteiger partial charge in [-0.05, 0) is 69.7 Å². The summed E-state index contributed by atoms with van der Waals surface area (Å²) >= 11 is 0. The Morgan fingerprint density at radius 2 is 1.82 bits per heavy atom. The van der Waals surface area contributed by atoms with Crippen LogP contribution in [0.25, 0.3) is 0 Å². The van der Waals surface area contributed by atoms with E-state index in [1.54, 1.807) is 30.3 Å². The van der Waals surface area contributed by atoms with E-state index in [1.165, 1.54) is 31.5 Å². The maximum absolute atomic E-state index is 13.0. The molecule has 0 saturated carbocycles. The fraction of sp³-hybridized carbons (Fsp3) is 0.250. The average molecular weight is 516 g/mol. The van der Waals surface area contributed by atoms with Crippen molar-refractivity contribution < 1.29 is 14.3 Å². The number of anilines is 1. The molecule has 2 rings (SSSR count). The molecule has 0 atom stereocenters. The molecule has 1 amide bonds. The number of nitrogens with one attached hydrogen (secondary N) is 2. The summed E-state index contributed by atoms with van der Waals surface area (Å²) in [6.45, 7) is 9.35. The molecule has 0 aliphatic rings. The second kappa shape index (κ2) is 14.8. The molecule has 1 heterocycles. The summed E-state index contributed by atoms with van der Waals surface area (Å²) in [5.74, 6) is -0.167. The first-order valence-corrected chi connectivity index (χ1v) is 11.7. The molecule has 0 spiro atoms. The number of ketones is 1. The molecule has 198 valence electrons. The fourth-order valence-electron chi connectivity index (χ4n) is 3.23. The molecule has 38 heavy (non-hydrogen) atoms. The van der Waals surface area contributed by atoms with Crippen molar-refractivity contribution in [3.8, 4) is 6.07 Å².